The summed E-state index contributed by atoms with van der Waals surface area (Å²) in [6.07, 6.45) is -4.62. The first-order valence-electron chi connectivity index (χ1n) is 10.1. The van der Waals surface area contributed by atoms with Crippen LogP contribution in [-0.2, 0) is 22.3 Å². The highest BCUT2D eigenvalue weighted by Crippen LogP contribution is 2.33. The van der Waals surface area contributed by atoms with Crippen molar-refractivity contribution in [2.75, 3.05) is 13.2 Å². The number of benzene rings is 2. The van der Waals surface area contributed by atoms with Gasteiger partial charge in [-0.1, -0.05) is 24.3 Å². The molecule has 2 amide bonds. The molecule has 0 unspecified atom stereocenters. The Balaban J connectivity index is 1.58. The van der Waals surface area contributed by atoms with Crippen LogP contribution < -0.4 is 15.4 Å². The lowest BCUT2D eigenvalue weighted by Crippen LogP contribution is -2.38. The van der Waals surface area contributed by atoms with Gasteiger partial charge in [0, 0.05) is 12.2 Å². The molecular weight excluding hydrogens is 437 g/mol. The molecule has 0 saturated carbocycles. The van der Waals surface area contributed by atoms with Gasteiger partial charge in [-0.2, -0.15) is 18.3 Å². The lowest BCUT2D eigenvalue weighted by atomic mass is 10.1. The Labute approximate surface area is 188 Å². The van der Waals surface area contributed by atoms with Crippen LogP contribution in [0.25, 0.3) is 5.69 Å². The number of nitrogens with one attached hydrogen (secondary N) is 2. The zero-order chi connectivity index (χ0) is 24.0. The topological polar surface area (TPSA) is 85.2 Å². The number of ether oxygens (including phenoxy) is 1. The molecule has 0 radical (unpaired) electrons. The van der Waals surface area contributed by atoms with E-state index in [2.05, 4.69) is 15.7 Å². The maximum absolute atomic E-state index is 13.6. The molecule has 0 spiro atoms. The van der Waals surface area contributed by atoms with E-state index >= 15 is 0 Å². The number of carbonyl (C=O) groups is 2. The summed E-state index contributed by atoms with van der Waals surface area (Å²) in [5, 5.41) is 8.97. The Bertz CT molecular complexity index is 1130. The number of aromatic nitrogens is 2. The fraction of sp³-hybridized carbons (Fsp3) is 0.261. The number of hydrogen-bond donors (Lipinski definition) is 2. The lowest BCUT2D eigenvalue weighted by molar-refractivity contribution is -0.138. The summed E-state index contributed by atoms with van der Waals surface area (Å²) in [5.74, 6) is -0.654. The number of aryl methyl sites for hydroxylation is 2. The van der Waals surface area contributed by atoms with Gasteiger partial charge in [0.05, 0.1) is 23.5 Å². The molecule has 3 rings (SSSR count). The van der Waals surface area contributed by atoms with E-state index in [0.29, 0.717) is 17.1 Å². The van der Waals surface area contributed by atoms with Crippen LogP contribution in [0.1, 0.15) is 22.5 Å². The Hall–Kier alpha value is -3.82. The highest BCUT2D eigenvalue weighted by atomic mass is 19.4. The van der Waals surface area contributed by atoms with E-state index in [9.17, 15) is 22.8 Å². The van der Waals surface area contributed by atoms with E-state index in [4.69, 9.17) is 4.74 Å². The second-order valence-corrected chi connectivity index (χ2v) is 7.33. The highest BCUT2D eigenvalue weighted by molar-refractivity contribution is 5.85. The molecule has 174 valence electrons. The molecule has 0 aliphatic carbocycles. The van der Waals surface area contributed by atoms with Crippen molar-refractivity contribution >= 4 is 11.8 Å². The van der Waals surface area contributed by atoms with Gasteiger partial charge in [0.25, 0.3) is 5.91 Å². The van der Waals surface area contributed by atoms with Crippen LogP contribution in [0, 0.1) is 13.8 Å². The van der Waals surface area contributed by atoms with Crippen molar-refractivity contribution in [2.24, 2.45) is 0 Å². The number of rotatable bonds is 8. The van der Waals surface area contributed by atoms with Gasteiger partial charge < -0.3 is 15.4 Å². The van der Waals surface area contributed by atoms with Gasteiger partial charge in [0.2, 0.25) is 5.91 Å². The first-order chi connectivity index (χ1) is 15.6. The fourth-order valence-electron chi connectivity index (χ4n) is 3.16. The predicted molar refractivity (Wildman–Crippen MR) is 115 cm³/mol. The van der Waals surface area contributed by atoms with Gasteiger partial charge in [-0.3, -0.25) is 9.59 Å². The van der Waals surface area contributed by atoms with Crippen molar-refractivity contribution in [1.29, 1.82) is 0 Å². The Kier molecular flexibility index (Phi) is 7.37. The Morgan fingerprint density at radius 3 is 2.36 bits per heavy atom. The second-order valence-electron chi connectivity index (χ2n) is 7.33. The molecule has 0 bridgehead atoms. The van der Waals surface area contributed by atoms with Crippen molar-refractivity contribution in [3.8, 4) is 11.4 Å². The van der Waals surface area contributed by atoms with Gasteiger partial charge in [-0.25, -0.2) is 4.68 Å². The lowest BCUT2D eigenvalue weighted by Gasteiger charge is -2.16. The van der Waals surface area contributed by atoms with Crippen molar-refractivity contribution < 1.29 is 27.5 Å². The van der Waals surface area contributed by atoms with Gasteiger partial charge >= 0.3 is 6.18 Å². The van der Waals surface area contributed by atoms with Crippen LogP contribution in [0.4, 0.5) is 13.2 Å². The summed E-state index contributed by atoms with van der Waals surface area (Å²) in [6, 6.07) is 14.2. The molecule has 10 heteroatoms. The van der Waals surface area contributed by atoms with E-state index in [1.807, 2.05) is 0 Å². The summed E-state index contributed by atoms with van der Waals surface area (Å²) in [5.41, 5.74) is 0.698. The van der Waals surface area contributed by atoms with Crippen LogP contribution >= 0.6 is 0 Å². The molecule has 2 N–H and O–H groups in total. The number of hydrogen-bond acceptors (Lipinski definition) is 4. The average Bonchev–Trinajstić information content (AvgIpc) is 3.12. The molecule has 7 nitrogen and oxygen atoms in total. The largest absolute Gasteiger partial charge is 0.484 e. The normalized spacial score (nSPS) is 11.2. The van der Waals surface area contributed by atoms with Crippen LogP contribution in [0.5, 0.6) is 5.75 Å². The molecule has 33 heavy (non-hydrogen) atoms. The molecule has 1 aromatic heterocycles. The van der Waals surface area contributed by atoms with E-state index in [1.54, 1.807) is 50.2 Å². The highest BCUT2D eigenvalue weighted by Gasteiger charge is 2.34. The van der Waals surface area contributed by atoms with Crippen LogP contribution in [0.2, 0.25) is 0 Å². The number of halogens is 3. The second kappa shape index (κ2) is 10.2. The standard InChI is InChI=1S/C23H23F3N4O3/c1-15-10-16(2)30(29-15)18-9-8-17(20(11-18)23(24,25)26)12-27-21(31)13-28-22(32)14-33-19-6-4-3-5-7-19/h3-11H,12-14H2,1-2H3,(H,27,31)(H,28,32). The van der Waals surface area contributed by atoms with Gasteiger partial charge in [-0.15, -0.1) is 0 Å². The van der Waals surface area contributed by atoms with E-state index in [1.165, 1.54) is 16.8 Å². The van der Waals surface area contributed by atoms with Crippen molar-refractivity contribution in [3.05, 3.63) is 77.1 Å². The quantitative estimate of drug-likeness (QED) is 0.540. The van der Waals surface area contributed by atoms with Crippen LogP contribution in [-0.4, -0.2) is 34.7 Å². The van der Waals surface area contributed by atoms with E-state index in [0.717, 1.165) is 6.07 Å². The zero-order valence-electron chi connectivity index (χ0n) is 18.1. The van der Waals surface area contributed by atoms with Crippen LogP contribution in [0.15, 0.2) is 54.6 Å². The number of alkyl halides is 3. The zero-order valence-corrected chi connectivity index (χ0v) is 18.1. The van der Waals surface area contributed by atoms with Gasteiger partial charge in [0.15, 0.2) is 6.61 Å². The average molecular weight is 460 g/mol. The van der Waals surface area contributed by atoms with Crippen molar-refractivity contribution in [2.45, 2.75) is 26.6 Å². The monoisotopic (exact) mass is 460 g/mol. The molecule has 1 heterocycles. The number of carbonyl (C=O) groups excluding carboxylic acids is 2. The third-order valence-electron chi connectivity index (χ3n) is 4.69. The first kappa shape index (κ1) is 23.8. The summed E-state index contributed by atoms with van der Waals surface area (Å²) in [4.78, 5) is 23.8. The van der Waals surface area contributed by atoms with E-state index in [-0.39, 0.29) is 30.9 Å². The number of nitrogens with zero attached hydrogens (tertiary/aromatic N) is 2. The number of amides is 2. The first-order valence-corrected chi connectivity index (χ1v) is 10.1. The third-order valence-corrected chi connectivity index (χ3v) is 4.69. The summed E-state index contributed by atoms with van der Waals surface area (Å²) < 4.78 is 47.6. The Morgan fingerprint density at radius 2 is 1.73 bits per heavy atom. The van der Waals surface area contributed by atoms with Crippen LogP contribution in [0.3, 0.4) is 0 Å². The van der Waals surface area contributed by atoms with Crippen molar-refractivity contribution in [3.63, 3.8) is 0 Å². The maximum Gasteiger partial charge on any atom is 0.416 e. The minimum atomic E-state index is -4.62. The van der Waals surface area contributed by atoms with E-state index < -0.39 is 23.6 Å². The SMILES string of the molecule is Cc1cc(C)n(-c2ccc(CNC(=O)CNC(=O)COc3ccccc3)c(C(F)(F)F)c2)n1. The minimum Gasteiger partial charge on any atom is -0.484 e. The third kappa shape index (κ3) is 6.58. The molecular formula is C23H23F3N4O3. The minimum absolute atomic E-state index is 0.0973. The molecule has 2 aromatic carbocycles. The van der Waals surface area contributed by atoms with Crippen molar-refractivity contribution in [1.82, 2.24) is 20.4 Å². The molecule has 0 saturated heterocycles. The number of para-hydroxylation sites is 1. The molecule has 0 atom stereocenters. The summed E-state index contributed by atoms with van der Waals surface area (Å²) >= 11 is 0. The Morgan fingerprint density at radius 1 is 1.00 bits per heavy atom. The summed E-state index contributed by atoms with van der Waals surface area (Å²) in [7, 11) is 0. The fourth-order valence-corrected chi connectivity index (χ4v) is 3.16. The molecule has 0 aliphatic heterocycles. The molecule has 3 aromatic rings. The smallest absolute Gasteiger partial charge is 0.416 e. The molecule has 0 aliphatic rings. The maximum atomic E-state index is 13.6. The molecule has 0 fully saturated rings. The summed E-state index contributed by atoms with van der Waals surface area (Å²) in [6.45, 7) is 2.48. The van der Waals surface area contributed by atoms with Gasteiger partial charge in [0.1, 0.15) is 5.75 Å². The predicted octanol–water partition coefficient (Wildman–Crippen LogP) is 3.32. The van der Waals surface area contributed by atoms with Gasteiger partial charge in [-0.05, 0) is 49.7 Å².